The first-order valence-electron chi connectivity index (χ1n) is 6.68. The Labute approximate surface area is 116 Å². The average molecular weight is 263 g/mol. The fourth-order valence-corrected chi connectivity index (χ4v) is 2.53. The third-order valence-corrected chi connectivity index (χ3v) is 3.36. The van der Waals surface area contributed by atoms with Crippen molar-refractivity contribution < 1.29 is 9.90 Å². The number of hydrogen-bond donors (Lipinski definition) is 1. The molecule has 1 N–H and O–H groups in total. The molecule has 0 spiro atoms. The van der Waals surface area contributed by atoms with E-state index in [1.807, 2.05) is 4.90 Å². The minimum absolute atomic E-state index is 0.0532. The molecule has 19 heavy (non-hydrogen) atoms. The van der Waals surface area contributed by atoms with E-state index < -0.39 is 5.97 Å². The molecule has 0 amide bonds. The van der Waals surface area contributed by atoms with E-state index in [0.29, 0.717) is 0 Å². The van der Waals surface area contributed by atoms with Crippen molar-refractivity contribution in [3.63, 3.8) is 0 Å². The van der Waals surface area contributed by atoms with Crippen molar-refractivity contribution >= 4 is 5.97 Å². The van der Waals surface area contributed by atoms with Crippen molar-refractivity contribution in [2.45, 2.75) is 53.1 Å². The van der Waals surface area contributed by atoms with E-state index in [4.69, 9.17) is 5.11 Å². The van der Waals surface area contributed by atoms with Crippen LogP contribution in [-0.2, 0) is 4.79 Å². The Morgan fingerprint density at radius 2 is 1.68 bits per heavy atom. The predicted molar refractivity (Wildman–Crippen MR) is 78.4 cm³/mol. The van der Waals surface area contributed by atoms with Gasteiger partial charge in [0, 0.05) is 11.6 Å². The Morgan fingerprint density at radius 3 is 2.05 bits per heavy atom. The van der Waals surface area contributed by atoms with Crippen LogP contribution in [0.5, 0.6) is 0 Å². The van der Waals surface area contributed by atoms with E-state index >= 15 is 0 Å². The first kappa shape index (κ1) is 15.7. The molecule has 1 atom stereocenters. The van der Waals surface area contributed by atoms with Gasteiger partial charge in [0.05, 0.1) is 6.54 Å². The van der Waals surface area contributed by atoms with Crippen molar-refractivity contribution in [1.29, 1.82) is 0 Å². The molecule has 0 heterocycles. The van der Waals surface area contributed by atoms with Crippen molar-refractivity contribution in [2.75, 3.05) is 6.54 Å². The lowest BCUT2D eigenvalue weighted by Crippen LogP contribution is -2.45. The minimum atomic E-state index is -0.786. The van der Waals surface area contributed by atoms with Gasteiger partial charge in [-0.05, 0) is 47.1 Å². The second kappa shape index (κ2) is 5.74. The van der Waals surface area contributed by atoms with Gasteiger partial charge in [-0.1, -0.05) is 29.3 Å². The highest BCUT2D eigenvalue weighted by Crippen LogP contribution is 2.28. The Bertz CT molecular complexity index is 440. The van der Waals surface area contributed by atoms with E-state index in [1.165, 1.54) is 16.7 Å². The maximum absolute atomic E-state index is 11.1. The molecular formula is C16H25NO2. The van der Waals surface area contributed by atoms with Crippen LogP contribution < -0.4 is 0 Å². The number of aryl methyl sites for hydroxylation is 2. The summed E-state index contributed by atoms with van der Waals surface area (Å²) in [6, 6.07) is 6.49. The van der Waals surface area contributed by atoms with Gasteiger partial charge in [0.25, 0.3) is 0 Å². The zero-order chi connectivity index (χ0) is 14.8. The average Bonchev–Trinajstić information content (AvgIpc) is 2.21. The zero-order valence-electron chi connectivity index (χ0n) is 12.8. The molecular weight excluding hydrogens is 238 g/mol. The standard InChI is InChI=1S/C16H25NO2/c1-11-7-12(2)9-14(8-11)13(3)17(10-15(18)19)16(4,5)6/h7-9,13H,10H2,1-6H3,(H,18,19). The molecule has 0 radical (unpaired) electrons. The molecule has 0 aliphatic heterocycles. The summed E-state index contributed by atoms with van der Waals surface area (Å²) in [7, 11) is 0. The molecule has 0 aliphatic carbocycles. The SMILES string of the molecule is Cc1cc(C)cc(C(C)N(CC(=O)O)C(C)(C)C)c1. The van der Waals surface area contributed by atoms with Gasteiger partial charge in [0.2, 0.25) is 0 Å². The molecule has 106 valence electrons. The first-order valence-corrected chi connectivity index (χ1v) is 6.68. The maximum atomic E-state index is 11.1. The Morgan fingerprint density at radius 1 is 1.21 bits per heavy atom. The second-order valence-electron chi connectivity index (χ2n) is 6.29. The summed E-state index contributed by atoms with van der Waals surface area (Å²) in [5, 5.41) is 9.11. The van der Waals surface area contributed by atoms with Crippen LogP contribution in [0, 0.1) is 13.8 Å². The van der Waals surface area contributed by atoms with Crippen LogP contribution in [0.25, 0.3) is 0 Å². The highest BCUT2D eigenvalue weighted by Gasteiger charge is 2.29. The van der Waals surface area contributed by atoms with Gasteiger partial charge in [-0.3, -0.25) is 9.69 Å². The monoisotopic (exact) mass is 263 g/mol. The second-order valence-corrected chi connectivity index (χ2v) is 6.29. The van der Waals surface area contributed by atoms with Gasteiger partial charge >= 0.3 is 5.97 Å². The van der Waals surface area contributed by atoms with Gasteiger partial charge in [0.15, 0.2) is 0 Å². The van der Waals surface area contributed by atoms with E-state index in [2.05, 4.69) is 59.7 Å². The van der Waals surface area contributed by atoms with Crippen molar-refractivity contribution in [1.82, 2.24) is 4.90 Å². The number of carbonyl (C=O) groups is 1. The Kier molecular flexibility index (Phi) is 4.75. The summed E-state index contributed by atoms with van der Waals surface area (Å²) < 4.78 is 0. The lowest BCUT2D eigenvalue weighted by Gasteiger charge is -2.39. The van der Waals surface area contributed by atoms with E-state index in [-0.39, 0.29) is 18.1 Å². The summed E-state index contributed by atoms with van der Waals surface area (Å²) in [5.74, 6) is -0.786. The van der Waals surface area contributed by atoms with Gasteiger partial charge in [-0.2, -0.15) is 0 Å². The van der Waals surface area contributed by atoms with Crippen molar-refractivity contribution in [2.24, 2.45) is 0 Å². The van der Waals surface area contributed by atoms with Crippen LogP contribution in [0.2, 0.25) is 0 Å². The fraction of sp³-hybridized carbons (Fsp3) is 0.562. The molecule has 1 unspecified atom stereocenters. The lowest BCUT2D eigenvalue weighted by atomic mass is 9.96. The van der Waals surface area contributed by atoms with Crippen molar-refractivity contribution in [3.05, 3.63) is 34.9 Å². The van der Waals surface area contributed by atoms with Gasteiger partial charge in [0.1, 0.15) is 0 Å². The highest BCUT2D eigenvalue weighted by atomic mass is 16.4. The Hall–Kier alpha value is -1.35. The summed E-state index contributed by atoms with van der Waals surface area (Å²) in [6.45, 7) is 12.4. The number of nitrogens with zero attached hydrogens (tertiary/aromatic N) is 1. The fourth-order valence-electron chi connectivity index (χ4n) is 2.53. The topological polar surface area (TPSA) is 40.5 Å². The number of benzene rings is 1. The van der Waals surface area contributed by atoms with Crippen LogP contribution in [0.4, 0.5) is 0 Å². The smallest absolute Gasteiger partial charge is 0.317 e. The van der Waals surface area contributed by atoms with E-state index in [9.17, 15) is 4.79 Å². The largest absolute Gasteiger partial charge is 0.480 e. The third-order valence-electron chi connectivity index (χ3n) is 3.36. The molecule has 3 nitrogen and oxygen atoms in total. The minimum Gasteiger partial charge on any atom is -0.480 e. The molecule has 0 bridgehead atoms. The summed E-state index contributed by atoms with van der Waals surface area (Å²) in [4.78, 5) is 13.1. The molecule has 0 saturated carbocycles. The van der Waals surface area contributed by atoms with Crippen LogP contribution >= 0.6 is 0 Å². The molecule has 0 aliphatic rings. The first-order chi connectivity index (χ1) is 8.61. The van der Waals surface area contributed by atoms with E-state index in [0.717, 1.165) is 0 Å². The molecule has 0 aromatic heterocycles. The predicted octanol–water partition coefficient (Wildman–Crippen LogP) is 3.55. The highest BCUT2D eigenvalue weighted by molar-refractivity contribution is 5.69. The molecule has 1 rings (SSSR count). The third kappa shape index (κ3) is 4.35. The number of hydrogen-bond acceptors (Lipinski definition) is 2. The van der Waals surface area contributed by atoms with E-state index in [1.54, 1.807) is 0 Å². The van der Waals surface area contributed by atoms with Gasteiger partial charge in [-0.25, -0.2) is 0 Å². The number of rotatable bonds is 4. The van der Waals surface area contributed by atoms with Crippen LogP contribution in [0.15, 0.2) is 18.2 Å². The number of carboxylic acids is 1. The number of carboxylic acid groups (broad SMARTS) is 1. The Balaban J connectivity index is 3.11. The van der Waals surface area contributed by atoms with Crippen LogP contribution in [0.1, 0.15) is 50.4 Å². The molecule has 0 saturated heterocycles. The molecule has 0 fully saturated rings. The quantitative estimate of drug-likeness (QED) is 0.903. The molecule has 3 heteroatoms. The van der Waals surface area contributed by atoms with Gasteiger partial charge < -0.3 is 5.11 Å². The number of aliphatic carboxylic acids is 1. The zero-order valence-corrected chi connectivity index (χ0v) is 12.8. The molecule has 1 aromatic rings. The normalized spacial score (nSPS) is 13.6. The molecule has 1 aromatic carbocycles. The van der Waals surface area contributed by atoms with Gasteiger partial charge in [-0.15, -0.1) is 0 Å². The maximum Gasteiger partial charge on any atom is 0.317 e. The lowest BCUT2D eigenvalue weighted by molar-refractivity contribution is -0.140. The summed E-state index contributed by atoms with van der Waals surface area (Å²) >= 11 is 0. The van der Waals surface area contributed by atoms with Crippen LogP contribution in [-0.4, -0.2) is 28.1 Å². The van der Waals surface area contributed by atoms with Crippen molar-refractivity contribution in [3.8, 4) is 0 Å². The summed E-state index contributed by atoms with van der Waals surface area (Å²) in [5.41, 5.74) is 3.42. The van der Waals surface area contributed by atoms with Crippen LogP contribution in [0.3, 0.4) is 0 Å². The summed E-state index contributed by atoms with van der Waals surface area (Å²) in [6.07, 6.45) is 0.